The molecule has 0 aliphatic rings. The Morgan fingerprint density at radius 1 is 1.32 bits per heavy atom. The van der Waals surface area contributed by atoms with E-state index in [0.29, 0.717) is 6.61 Å². The minimum atomic E-state index is 0.0994. The van der Waals surface area contributed by atoms with E-state index in [9.17, 15) is 0 Å². The van der Waals surface area contributed by atoms with Crippen molar-refractivity contribution >= 4 is 0 Å². The summed E-state index contributed by atoms with van der Waals surface area (Å²) < 4.78 is 11.2. The van der Waals surface area contributed by atoms with E-state index in [1.165, 1.54) is 6.42 Å². The van der Waals surface area contributed by atoms with Crippen molar-refractivity contribution in [1.29, 1.82) is 0 Å². The summed E-state index contributed by atoms with van der Waals surface area (Å²) in [6, 6.07) is 2.00. The zero-order valence-electron chi connectivity index (χ0n) is 13.1. The molecule has 0 atom stereocenters. The van der Waals surface area contributed by atoms with Crippen LogP contribution in [0.5, 0.6) is 0 Å². The number of rotatable bonds is 8. The van der Waals surface area contributed by atoms with E-state index in [2.05, 4.69) is 39.9 Å². The predicted molar refractivity (Wildman–Crippen MR) is 79.0 cm³/mol. The van der Waals surface area contributed by atoms with Crippen LogP contribution in [0, 0.1) is 5.92 Å². The Hall–Kier alpha value is -0.800. The van der Waals surface area contributed by atoms with Gasteiger partial charge in [-0.2, -0.15) is 0 Å². The van der Waals surface area contributed by atoms with Crippen molar-refractivity contribution in [3.05, 3.63) is 23.7 Å². The number of hydrogen-bond donors (Lipinski definition) is 1. The maximum absolute atomic E-state index is 5.71. The third-order valence-corrected chi connectivity index (χ3v) is 2.94. The summed E-state index contributed by atoms with van der Waals surface area (Å²) in [6.45, 7) is 13.2. The third-order valence-electron chi connectivity index (χ3n) is 2.94. The lowest BCUT2D eigenvalue weighted by Gasteiger charge is -2.20. The minimum Gasteiger partial charge on any atom is -0.468 e. The average molecular weight is 267 g/mol. The number of ether oxygens (including phenoxy) is 1. The van der Waals surface area contributed by atoms with Crippen LogP contribution >= 0.6 is 0 Å². The van der Waals surface area contributed by atoms with Crippen LogP contribution in [0.1, 0.15) is 58.8 Å². The van der Waals surface area contributed by atoms with Gasteiger partial charge in [-0.1, -0.05) is 13.8 Å². The molecule has 3 heteroatoms. The highest BCUT2D eigenvalue weighted by molar-refractivity contribution is 5.16. The van der Waals surface area contributed by atoms with Crippen molar-refractivity contribution in [2.75, 3.05) is 6.61 Å². The topological polar surface area (TPSA) is 34.4 Å². The molecule has 0 bridgehead atoms. The van der Waals surface area contributed by atoms with E-state index in [-0.39, 0.29) is 5.54 Å². The van der Waals surface area contributed by atoms with E-state index in [4.69, 9.17) is 9.15 Å². The van der Waals surface area contributed by atoms with Gasteiger partial charge in [0.15, 0.2) is 0 Å². The van der Waals surface area contributed by atoms with Crippen molar-refractivity contribution in [3.8, 4) is 0 Å². The second-order valence-electron chi connectivity index (χ2n) is 6.56. The van der Waals surface area contributed by atoms with Gasteiger partial charge < -0.3 is 14.5 Å². The Bertz CT molecular complexity index is 350. The molecule has 0 spiro atoms. The molecule has 1 rings (SSSR count). The van der Waals surface area contributed by atoms with Gasteiger partial charge in [0.05, 0.1) is 19.4 Å². The quantitative estimate of drug-likeness (QED) is 0.719. The zero-order valence-corrected chi connectivity index (χ0v) is 13.1. The van der Waals surface area contributed by atoms with Crippen LogP contribution in [0.3, 0.4) is 0 Å². The molecular weight excluding hydrogens is 238 g/mol. The van der Waals surface area contributed by atoms with Crippen LogP contribution in [0.2, 0.25) is 0 Å². The van der Waals surface area contributed by atoms with Crippen LogP contribution in [0.4, 0.5) is 0 Å². The van der Waals surface area contributed by atoms with Crippen LogP contribution in [0.15, 0.2) is 16.7 Å². The number of hydrogen-bond acceptors (Lipinski definition) is 3. The van der Waals surface area contributed by atoms with Crippen LogP contribution in [-0.4, -0.2) is 12.1 Å². The maximum Gasteiger partial charge on any atom is 0.123 e. The molecule has 0 fully saturated rings. The van der Waals surface area contributed by atoms with Crippen LogP contribution in [0.25, 0.3) is 0 Å². The molecule has 0 radical (unpaired) electrons. The molecule has 1 N–H and O–H groups in total. The molecule has 0 aliphatic heterocycles. The highest BCUT2D eigenvalue weighted by Gasteiger charge is 2.12. The molecule has 1 heterocycles. The van der Waals surface area contributed by atoms with Gasteiger partial charge in [0.1, 0.15) is 5.76 Å². The van der Waals surface area contributed by atoms with Crippen molar-refractivity contribution in [3.63, 3.8) is 0 Å². The van der Waals surface area contributed by atoms with Gasteiger partial charge in [0.2, 0.25) is 0 Å². The summed E-state index contributed by atoms with van der Waals surface area (Å²) in [5.41, 5.74) is 1.25. The van der Waals surface area contributed by atoms with Gasteiger partial charge in [-0.3, -0.25) is 0 Å². The lowest BCUT2D eigenvalue weighted by atomic mass is 10.1. The smallest absolute Gasteiger partial charge is 0.123 e. The summed E-state index contributed by atoms with van der Waals surface area (Å²) >= 11 is 0. The Morgan fingerprint density at radius 2 is 2.05 bits per heavy atom. The lowest BCUT2D eigenvalue weighted by Crippen LogP contribution is -2.35. The highest BCUT2D eigenvalue weighted by Crippen LogP contribution is 2.14. The Balaban J connectivity index is 2.28. The third kappa shape index (κ3) is 7.38. The van der Waals surface area contributed by atoms with Gasteiger partial charge in [-0.25, -0.2) is 0 Å². The summed E-state index contributed by atoms with van der Waals surface area (Å²) in [5, 5.41) is 3.43. The molecule has 0 aliphatic carbocycles. The van der Waals surface area contributed by atoms with Crippen LogP contribution < -0.4 is 5.32 Å². The molecule has 0 amide bonds. The molecule has 0 unspecified atom stereocenters. The predicted octanol–water partition coefficient (Wildman–Crippen LogP) is 4.12. The second kappa shape index (κ2) is 7.71. The Labute approximate surface area is 117 Å². The molecule has 3 nitrogen and oxygen atoms in total. The Morgan fingerprint density at radius 3 is 2.68 bits per heavy atom. The SMILES string of the molecule is CC(C)CCCOCc1ccoc1CNC(C)(C)C. The van der Waals surface area contributed by atoms with Gasteiger partial charge in [0.25, 0.3) is 0 Å². The Kier molecular flexibility index (Phi) is 6.59. The molecule has 0 saturated heterocycles. The summed E-state index contributed by atoms with van der Waals surface area (Å²) in [7, 11) is 0. The molecule has 1 aromatic rings. The minimum absolute atomic E-state index is 0.0994. The largest absolute Gasteiger partial charge is 0.468 e. The van der Waals surface area contributed by atoms with Crippen molar-refractivity contribution in [1.82, 2.24) is 5.32 Å². The molecule has 0 saturated carbocycles. The first-order valence-electron chi connectivity index (χ1n) is 7.26. The highest BCUT2D eigenvalue weighted by atomic mass is 16.5. The molecule has 110 valence electrons. The van der Waals surface area contributed by atoms with E-state index in [1.807, 2.05) is 6.07 Å². The van der Waals surface area contributed by atoms with Crippen molar-refractivity contribution in [2.45, 2.75) is 66.2 Å². The molecule has 19 heavy (non-hydrogen) atoms. The fraction of sp³-hybridized carbons (Fsp3) is 0.750. The molecule has 0 aromatic carbocycles. The van der Waals surface area contributed by atoms with Crippen molar-refractivity contribution < 1.29 is 9.15 Å². The van der Waals surface area contributed by atoms with E-state index in [0.717, 1.165) is 36.8 Å². The monoisotopic (exact) mass is 267 g/mol. The van der Waals surface area contributed by atoms with E-state index < -0.39 is 0 Å². The first kappa shape index (κ1) is 16.3. The number of nitrogens with one attached hydrogen (secondary N) is 1. The standard InChI is InChI=1S/C16H29NO2/c1-13(2)7-6-9-18-12-14-8-10-19-15(14)11-17-16(3,4)5/h8,10,13,17H,6-7,9,11-12H2,1-5H3. The van der Waals surface area contributed by atoms with Crippen LogP contribution in [-0.2, 0) is 17.9 Å². The fourth-order valence-corrected chi connectivity index (χ4v) is 1.77. The van der Waals surface area contributed by atoms with Gasteiger partial charge >= 0.3 is 0 Å². The van der Waals surface area contributed by atoms with Gasteiger partial charge in [-0.05, 0) is 45.6 Å². The summed E-state index contributed by atoms with van der Waals surface area (Å²) in [6.07, 6.45) is 4.10. The van der Waals surface area contributed by atoms with E-state index in [1.54, 1.807) is 6.26 Å². The summed E-state index contributed by atoms with van der Waals surface area (Å²) in [5.74, 6) is 1.74. The van der Waals surface area contributed by atoms with E-state index >= 15 is 0 Å². The zero-order chi connectivity index (χ0) is 14.3. The summed E-state index contributed by atoms with van der Waals surface area (Å²) in [4.78, 5) is 0. The number of furan rings is 1. The second-order valence-corrected chi connectivity index (χ2v) is 6.56. The average Bonchev–Trinajstić information content (AvgIpc) is 2.72. The normalized spacial score (nSPS) is 12.3. The van der Waals surface area contributed by atoms with Gasteiger partial charge in [-0.15, -0.1) is 0 Å². The van der Waals surface area contributed by atoms with Gasteiger partial charge in [0, 0.05) is 17.7 Å². The molecular formula is C16H29NO2. The first-order chi connectivity index (χ1) is 8.88. The van der Waals surface area contributed by atoms with Crippen molar-refractivity contribution in [2.24, 2.45) is 5.92 Å². The first-order valence-corrected chi connectivity index (χ1v) is 7.26. The maximum atomic E-state index is 5.71. The fourth-order valence-electron chi connectivity index (χ4n) is 1.77. The lowest BCUT2D eigenvalue weighted by molar-refractivity contribution is 0.113. The molecule has 1 aromatic heterocycles.